The molecule has 1 saturated carbocycles. The lowest BCUT2D eigenvalue weighted by atomic mass is 9.85. The number of hydrogen-bond acceptors (Lipinski definition) is 3. The Hall–Kier alpha value is -0.900. The van der Waals surface area contributed by atoms with Crippen molar-refractivity contribution in [1.29, 1.82) is 0 Å². The van der Waals surface area contributed by atoms with Crippen LogP contribution in [-0.4, -0.2) is 27.9 Å². The summed E-state index contributed by atoms with van der Waals surface area (Å²) in [6.07, 6.45) is 12.5. The van der Waals surface area contributed by atoms with Crippen LogP contribution in [0.4, 0.5) is 0 Å². The molecule has 4 heteroatoms. The van der Waals surface area contributed by atoms with Crippen LogP contribution in [0.1, 0.15) is 70.7 Å². The molecule has 20 heavy (non-hydrogen) atoms. The van der Waals surface area contributed by atoms with Crippen LogP contribution >= 0.6 is 0 Å². The van der Waals surface area contributed by atoms with Gasteiger partial charge in [-0.3, -0.25) is 0 Å². The Kier molecular flexibility index (Phi) is 6.02. The second-order valence-corrected chi connectivity index (χ2v) is 6.49. The smallest absolute Gasteiger partial charge is 0.138 e. The molecule has 1 fully saturated rings. The van der Waals surface area contributed by atoms with Crippen molar-refractivity contribution in [2.24, 2.45) is 5.92 Å². The van der Waals surface area contributed by atoms with Crippen LogP contribution in [-0.2, 0) is 6.42 Å². The lowest BCUT2D eigenvalue weighted by Gasteiger charge is -2.24. The van der Waals surface area contributed by atoms with Crippen LogP contribution in [0.5, 0.6) is 0 Å². The van der Waals surface area contributed by atoms with Gasteiger partial charge >= 0.3 is 0 Å². The summed E-state index contributed by atoms with van der Waals surface area (Å²) < 4.78 is 2.05. The molecule has 1 N–H and O–H groups in total. The lowest BCUT2D eigenvalue weighted by Crippen LogP contribution is -2.30. The minimum atomic E-state index is 0.392. The van der Waals surface area contributed by atoms with E-state index in [1.54, 1.807) is 6.33 Å². The lowest BCUT2D eigenvalue weighted by molar-refractivity contribution is 0.313. The molecule has 1 unspecified atom stereocenters. The number of hydrogen-bond donors (Lipinski definition) is 1. The van der Waals surface area contributed by atoms with E-state index in [-0.39, 0.29) is 0 Å². The van der Waals surface area contributed by atoms with Gasteiger partial charge in [-0.2, -0.15) is 5.10 Å². The van der Waals surface area contributed by atoms with E-state index in [2.05, 4.69) is 36.3 Å². The molecule has 0 saturated heterocycles. The first-order valence-corrected chi connectivity index (χ1v) is 8.26. The maximum Gasteiger partial charge on any atom is 0.138 e. The zero-order chi connectivity index (χ0) is 14.4. The van der Waals surface area contributed by atoms with Gasteiger partial charge in [0.2, 0.25) is 0 Å². The molecule has 4 nitrogen and oxygen atoms in total. The van der Waals surface area contributed by atoms with Crippen LogP contribution in [0.2, 0.25) is 0 Å². The first-order chi connectivity index (χ1) is 9.70. The fraction of sp³-hybridized carbons (Fsp3) is 0.875. The van der Waals surface area contributed by atoms with E-state index >= 15 is 0 Å². The molecule has 0 aromatic carbocycles. The van der Waals surface area contributed by atoms with Crippen molar-refractivity contribution < 1.29 is 0 Å². The van der Waals surface area contributed by atoms with Crippen LogP contribution in [0.15, 0.2) is 6.33 Å². The molecule has 1 aromatic heterocycles. The third-order valence-electron chi connectivity index (χ3n) is 4.62. The first-order valence-electron chi connectivity index (χ1n) is 8.26. The Morgan fingerprint density at radius 2 is 2.05 bits per heavy atom. The summed E-state index contributed by atoms with van der Waals surface area (Å²) in [5.74, 6) is 2.07. The Labute approximate surface area is 123 Å². The highest BCUT2D eigenvalue weighted by atomic mass is 15.3. The molecule has 1 aliphatic carbocycles. The van der Waals surface area contributed by atoms with E-state index < -0.39 is 0 Å². The van der Waals surface area contributed by atoms with Gasteiger partial charge in [-0.15, -0.1) is 0 Å². The normalized spacial score (nSPS) is 18.6. The topological polar surface area (TPSA) is 42.7 Å². The molecule has 1 aromatic rings. The summed E-state index contributed by atoms with van der Waals surface area (Å²) in [7, 11) is 2.07. The summed E-state index contributed by atoms with van der Waals surface area (Å²) in [5.41, 5.74) is 0. The molecule has 0 bridgehead atoms. The van der Waals surface area contributed by atoms with Gasteiger partial charge in [0.25, 0.3) is 0 Å². The third-order valence-corrected chi connectivity index (χ3v) is 4.62. The maximum atomic E-state index is 4.43. The third kappa shape index (κ3) is 4.30. The van der Waals surface area contributed by atoms with Crippen molar-refractivity contribution in [3.63, 3.8) is 0 Å². The maximum absolute atomic E-state index is 4.43. The number of rotatable bonds is 7. The van der Waals surface area contributed by atoms with Crippen molar-refractivity contribution in [2.45, 2.75) is 77.3 Å². The second-order valence-electron chi connectivity index (χ2n) is 6.49. The minimum absolute atomic E-state index is 0.392. The monoisotopic (exact) mass is 278 g/mol. The van der Waals surface area contributed by atoms with Crippen molar-refractivity contribution >= 4 is 0 Å². The van der Waals surface area contributed by atoms with Gasteiger partial charge in [0, 0.05) is 18.5 Å². The van der Waals surface area contributed by atoms with Crippen LogP contribution in [0.3, 0.4) is 0 Å². The minimum Gasteiger partial charge on any atom is -0.317 e. The molecule has 2 rings (SSSR count). The highest BCUT2D eigenvalue weighted by molar-refractivity contribution is 4.91. The van der Waals surface area contributed by atoms with Crippen LogP contribution in [0.25, 0.3) is 0 Å². The van der Waals surface area contributed by atoms with Crippen molar-refractivity contribution in [1.82, 2.24) is 20.1 Å². The second kappa shape index (κ2) is 7.77. The molecule has 0 spiro atoms. The van der Waals surface area contributed by atoms with Crippen LogP contribution < -0.4 is 5.32 Å². The zero-order valence-electron chi connectivity index (χ0n) is 13.3. The Morgan fingerprint density at radius 3 is 2.70 bits per heavy atom. The van der Waals surface area contributed by atoms with Gasteiger partial charge in [0.1, 0.15) is 12.2 Å². The van der Waals surface area contributed by atoms with E-state index in [1.807, 2.05) is 4.68 Å². The Bertz CT molecular complexity index is 380. The molecular formula is C16H30N4. The highest BCUT2D eigenvalue weighted by Gasteiger charge is 2.18. The Morgan fingerprint density at radius 1 is 1.30 bits per heavy atom. The summed E-state index contributed by atoms with van der Waals surface area (Å²) in [6, 6.07) is 0.918. The number of nitrogens with one attached hydrogen (secondary N) is 1. The van der Waals surface area contributed by atoms with Gasteiger partial charge in [0.05, 0.1) is 0 Å². The van der Waals surface area contributed by atoms with Gasteiger partial charge in [-0.05, 0) is 39.7 Å². The van der Waals surface area contributed by atoms with E-state index in [9.17, 15) is 0 Å². The SMILES string of the molecule is CNC(CCC1CCCCC1)Cc1ncnn1C(C)C. The van der Waals surface area contributed by atoms with Crippen molar-refractivity contribution in [2.75, 3.05) is 7.05 Å². The summed E-state index contributed by atoms with van der Waals surface area (Å²) in [5, 5.41) is 7.80. The van der Waals surface area contributed by atoms with E-state index in [4.69, 9.17) is 0 Å². The van der Waals surface area contributed by atoms with Gasteiger partial charge < -0.3 is 5.32 Å². The fourth-order valence-corrected chi connectivity index (χ4v) is 3.33. The summed E-state index contributed by atoms with van der Waals surface area (Å²) in [4.78, 5) is 4.43. The van der Waals surface area contributed by atoms with Crippen molar-refractivity contribution in [3.8, 4) is 0 Å². The standard InChI is InChI=1S/C16H30N4/c1-13(2)20-16(18-12-19-20)11-15(17-3)10-9-14-7-5-4-6-8-14/h12-15,17H,4-11H2,1-3H3. The summed E-state index contributed by atoms with van der Waals surface area (Å²) >= 11 is 0. The molecular weight excluding hydrogens is 248 g/mol. The molecule has 1 atom stereocenters. The highest BCUT2D eigenvalue weighted by Crippen LogP contribution is 2.28. The van der Waals surface area contributed by atoms with Gasteiger partial charge in [-0.25, -0.2) is 9.67 Å². The first kappa shape index (κ1) is 15.5. The Balaban J connectivity index is 1.83. The molecule has 0 aliphatic heterocycles. The molecule has 114 valence electrons. The van der Waals surface area contributed by atoms with Crippen molar-refractivity contribution in [3.05, 3.63) is 12.2 Å². The number of likely N-dealkylation sites (N-methyl/N-ethyl adjacent to an activating group) is 1. The summed E-state index contributed by atoms with van der Waals surface area (Å²) in [6.45, 7) is 4.32. The van der Waals surface area contributed by atoms with Gasteiger partial charge in [0.15, 0.2) is 0 Å². The van der Waals surface area contributed by atoms with E-state index in [0.29, 0.717) is 12.1 Å². The average Bonchev–Trinajstić information content (AvgIpc) is 2.93. The number of aromatic nitrogens is 3. The predicted molar refractivity (Wildman–Crippen MR) is 82.8 cm³/mol. The molecule has 0 amide bonds. The zero-order valence-corrected chi connectivity index (χ0v) is 13.3. The fourth-order valence-electron chi connectivity index (χ4n) is 3.33. The molecule has 1 heterocycles. The largest absolute Gasteiger partial charge is 0.317 e. The quantitative estimate of drug-likeness (QED) is 0.831. The van der Waals surface area contributed by atoms with Crippen LogP contribution in [0, 0.1) is 5.92 Å². The number of nitrogens with zero attached hydrogens (tertiary/aromatic N) is 3. The predicted octanol–water partition coefficient (Wildman–Crippen LogP) is 3.35. The average molecular weight is 278 g/mol. The molecule has 0 radical (unpaired) electrons. The molecule has 1 aliphatic rings. The van der Waals surface area contributed by atoms with E-state index in [1.165, 1.54) is 44.9 Å². The van der Waals surface area contributed by atoms with Gasteiger partial charge in [-0.1, -0.05) is 32.1 Å². The van der Waals surface area contributed by atoms with E-state index in [0.717, 1.165) is 18.2 Å².